The van der Waals surface area contributed by atoms with Crippen LogP contribution in [0.5, 0.6) is 0 Å². The van der Waals surface area contributed by atoms with Crippen LogP contribution in [0, 0.1) is 13.8 Å². The molecular formula is C17H33N5O2. The summed E-state index contributed by atoms with van der Waals surface area (Å²) < 4.78 is 12.4. The fourth-order valence-electron chi connectivity index (χ4n) is 2.34. The zero-order valence-electron chi connectivity index (χ0n) is 15.6. The third-order valence-corrected chi connectivity index (χ3v) is 3.61. The lowest BCUT2D eigenvalue weighted by Gasteiger charge is -2.12. The van der Waals surface area contributed by atoms with Gasteiger partial charge in [0.2, 0.25) is 0 Å². The summed E-state index contributed by atoms with van der Waals surface area (Å²) in [5, 5.41) is 11.1. The highest BCUT2D eigenvalue weighted by molar-refractivity contribution is 5.79. The van der Waals surface area contributed by atoms with Crippen LogP contribution in [0.3, 0.4) is 0 Å². The molecule has 1 aromatic rings. The highest BCUT2D eigenvalue weighted by Gasteiger charge is 2.01. The van der Waals surface area contributed by atoms with E-state index in [4.69, 9.17) is 9.47 Å². The number of aryl methyl sites for hydroxylation is 3. The van der Waals surface area contributed by atoms with Crippen LogP contribution in [0.25, 0.3) is 0 Å². The van der Waals surface area contributed by atoms with Gasteiger partial charge in [-0.2, -0.15) is 5.10 Å². The molecular weight excluding hydrogens is 306 g/mol. The van der Waals surface area contributed by atoms with Gasteiger partial charge in [-0.1, -0.05) is 0 Å². The molecule has 0 aliphatic heterocycles. The quantitative estimate of drug-likeness (QED) is 0.343. The number of methoxy groups -OCH3 is 1. The molecule has 0 unspecified atom stereocenters. The number of guanidine groups is 1. The molecule has 0 radical (unpaired) electrons. The van der Waals surface area contributed by atoms with Gasteiger partial charge in [0.05, 0.1) is 18.9 Å². The predicted octanol–water partition coefficient (Wildman–Crippen LogP) is 1.50. The molecule has 0 bridgehead atoms. The van der Waals surface area contributed by atoms with Crippen LogP contribution in [0.2, 0.25) is 0 Å². The maximum absolute atomic E-state index is 5.43. The van der Waals surface area contributed by atoms with Crippen LogP contribution in [0.15, 0.2) is 11.1 Å². The summed E-state index contributed by atoms with van der Waals surface area (Å²) in [7, 11) is 3.48. The Morgan fingerprint density at radius 2 is 1.88 bits per heavy atom. The van der Waals surface area contributed by atoms with Crippen molar-refractivity contribution in [2.45, 2.75) is 39.7 Å². The van der Waals surface area contributed by atoms with Crippen molar-refractivity contribution in [3.8, 4) is 0 Å². The van der Waals surface area contributed by atoms with E-state index in [0.717, 1.165) is 57.2 Å². The van der Waals surface area contributed by atoms with Crippen LogP contribution in [-0.2, 0) is 16.0 Å². The Balaban J connectivity index is 2.03. The lowest BCUT2D eigenvalue weighted by Crippen LogP contribution is -2.38. The van der Waals surface area contributed by atoms with Gasteiger partial charge in [-0.3, -0.25) is 9.67 Å². The average molecular weight is 339 g/mol. The zero-order chi connectivity index (χ0) is 17.6. The van der Waals surface area contributed by atoms with Crippen LogP contribution >= 0.6 is 0 Å². The molecule has 0 fully saturated rings. The number of hydrogen-bond acceptors (Lipinski definition) is 4. The lowest BCUT2D eigenvalue weighted by atomic mass is 10.3. The van der Waals surface area contributed by atoms with Gasteiger partial charge >= 0.3 is 0 Å². The molecule has 7 heteroatoms. The van der Waals surface area contributed by atoms with E-state index in [-0.39, 0.29) is 0 Å². The van der Waals surface area contributed by atoms with Gasteiger partial charge in [-0.15, -0.1) is 0 Å². The highest BCUT2D eigenvalue weighted by Crippen LogP contribution is 2.02. The van der Waals surface area contributed by atoms with Gasteiger partial charge in [0.25, 0.3) is 0 Å². The van der Waals surface area contributed by atoms with E-state index in [0.29, 0.717) is 13.2 Å². The fourth-order valence-corrected chi connectivity index (χ4v) is 2.34. The molecule has 138 valence electrons. The first kappa shape index (κ1) is 20.4. The molecule has 0 aliphatic carbocycles. The lowest BCUT2D eigenvalue weighted by molar-refractivity contribution is 0.0689. The van der Waals surface area contributed by atoms with Crippen LogP contribution < -0.4 is 10.6 Å². The number of nitrogens with one attached hydrogen (secondary N) is 2. The Labute approximate surface area is 145 Å². The maximum Gasteiger partial charge on any atom is 0.190 e. The summed E-state index contributed by atoms with van der Waals surface area (Å²) in [5.74, 6) is 0.851. The van der Waals surface area contributed by atoms with Gasteiger partial charge in [0.1, 0.15) is 0 Å². The number of ether oxygens (including phenoxy) is 2. The Morgan fingerprint density at radius 1 is 1.12 bits per heavy atom. The molecule has 0 aliphatic rings. The van der Waals surface area contributed by atoms with Crippen molar-refractivity contribution >= 4 is 5.96 Å². The van der Waals surface area contributed by atoms with Crippen molar-refractivity contribution in [2.75, 3.05) is 47.1 Å². The minimum Gasteiger partial charge on any atom is -0.382 e. The van der Waals surface area contributed by atoms with Gasteiger partial charge in [0.15, 0.2) is 5.96 Å². The third-order valence-electron chi connectivity index (χ3n) is 3.61. The van der Waals surface area contributed by atoms with Crippen LogP contribution in [-0.4, -0.2) is 62.8 Å². The SMILES string of the molecule is CN=C(NCCCCOCCOC)NCCCn1nc(C)cc1C. The van der Waals surface area contributed by atoms with E-state index >= 15 is 0 Å². The van der Waals surface area contributed by atoms with Gasteiger partial charge < -0.3 is 20.1 Å². The average Bonchev–Trinajstić information content (AvgIpc) is 2.89. The van der Waals surface area contributed by atoms with Crippen LogP contribution in [0.4, 0.5) is 0 Å². The van der Waals surface area contributed by atoms with E-state index in [2.05, 4.69) is 38.4 Å². The largest absolute Gasteiger partial charge is 0.382 e. The van der Waals surface area contributed by atoms with Crippen molar-refractivity contribution in [3.63, 3.8) is 0 Å². The molecule has 24 heavy (non-hydrogen) atoms. The molecule has 1 heterocycles. The summed E-state index contributed by atoms with van der Waals surface area (Å²) >= 11 is 0. The number of unbranched alkanes of at least 4 members (excludes halogenated alkanes) is 1. The third kappa shape index (κ3) is 8.88. The van der Waals surface area contributed by atoms with Gasteiger partial charge in [-0.25, -0.2) is 0 Å². The summed E-state index contributed by atoms with van der Waals surface area (Å²) in [6, 6.07) is 2.10. The predicted molar refractivity (Wildman–Crippen MR) is 97.6 cm³/mol. The molecule has 7 nitrogen and oxygen atoms in total. The first-order chi connectivity index (χ1) is 11.7. The highest BCUT2D eigenvalue weighted by atomic mass is 16.5. The summed E-state index contributed by atoms with van der Waals surface area (Å²) in [4.78, 5) is 4.24. The number of nitrogens with zero attached hydrogens (tertiary/aromatic N) is 3. The van der Waals surface area contributed by atoms with Crippen molar-refractivity contribution in [3.05, 3.63) is 17.5 Å². The molecule has 0 spiro atoms. The zero-order valence-corrected chi connectivity index (χ0v) is 15.6. The number of aliphatic imine (C=N–C) groups is 1. The Kier molecular flexibility index (Phi) is 10.9. The monoisotopic (exact) mass is 339 g/mol. The number of hydrogen-bond donors (Lipinski definition) is 2. The first-order valence-corrected chi connectivity index (χ1v) is 8.69. The smallest absolute Gasteiger partial charge is 0.190 e. The summed E-state index contributed by atoms with van der Waals surface area (Å²) in [5.41, 5.74) is 2.28. The molecule has 0 atom stereocenters. The molecule has 0 saturated heterocycles. The second-order valence-electron chi connectivity index (χ2n) is 5.74. The van der Waals surface area contributed by atoms with Crippen molar-refractivity contribution in [1.82, 2.24) is 20.4 Å². The maximum atomic E-state index is 5.43. The Bertz CT molecular complexity index is 474. The van der Waals surface area contributed by atoms with Gasteiger partial charge in [0, 0.05) is 46.1 Å². The minimum absolute atomic E-state index is 0.659. The molecule has 0 aromatic carbocycles. The van der Waals surface area contributed by atoms with E-state index < -0.39 is 0 Å². The normalized spacial score (nSPS) is 11.8. The molecule has 2 N–H and O–H groups in total. The Morgan fingerprint density at radius 3 is 2.50 bits per heavy atom. The van der Waals surface area contributed by atoms with Crippen LogP contribution in [0.1, 0.15) is 30.7 Å². The van der Waals surface area contributed by atoms with E-state index in [1.54, 1.807) is 14.2 Å². The summed E-state index contributed by atoms with van der Waals surface area (Å²) in [6.07, 6.45) is 3.10. The molecule has 1 aromatic heterocycles. The standard InChI is InChI=1S/C17H33N5O2/c1-15-14-16(2)22(21-15)10-7-9-20-17(18-3)19-8-5-6-11-24-13-12-23-4/h14H,5-13H2,1-4H3,(H2,18,19,20). The van der Waals surface area contributed by atoms with Crippen molar-refractivity contribution < 1.29 is 9.47 Å². The summed E-state index contributed by atoms with van der Waals surface area (Å²) in [6.45, 7) is 8.91. The second kappa shape index (κ2) is 12.8. The van der Waals surface area contributed by atoms with Gasteiger partial charge in [-0.05, 0) is 39.2 Å². The van der Waals surface area contributed by atoms with Crippen molar-refractivity contribution in [1.29, 1.82) is 0 Å². The minimum atomic E-state index is 0.659. The molecule has 0 saturated carbocycles. The fraction of sp³-hybridized carbons (Fsp3) is 0.765. The number of rotatable bonds is 12. The molecule has 1 rings (SSSR count). The van der Waals surface area contributed by atoms with E-state index in [1.807, 2.05) is 6.92 Å². The van der Waals surface area contributed by atoms with E-state index in [9.17, 15) is 0 Å². The second-order valence-corrected chi connectivity index (χ2v) is 5.74. The van der Waals surface area contributed by atoms with Crippen molar-refractivity contribution in [2.24, 2.45) is 4.99 Å². The topological polar surface area (TPSA) is 72.7 Å². The number of aromatic nitrogens is 2. The Hall–Kier alpha value is -1.60. The van der Waals surface area contributed by atoms with E-state index in [1.165, 1.54) is 5.69 Å². The first-order valence-electron chi connectivity index (χ1n) is 8.69. The molecule has 0 amide bonds.